The second-order valence-electron chi connectivity index (χ2n) is 5.15. The van der Waals surface area contributed by atoms with Crippen LogP contribution in [0.4, 0.5) is 11.4 Å². The lowest BCUT2D eigenvalue weighted by molar-refractivity contribution is -0.384. The zero-order valence-corrected chi connectivity index (χ0v) is 12.2. The molecule has 0 radical (unpaired) electrons. The van der Waals surface area contributed by atoms with Gasteiger partial charge >= 0.3 is 5.97 Å². The first-order valence-electron chi connectivity index (χ1n) is 6.69. The van der Waals surface area contributed by atoms with Gasteiger partial charge in [0, 0.05) is 30.9 Å². The molecule has 1 aliphatic heterocycles. The summed E-state index contributed by atoms with van der Waals surface area (Å²) in [4.78, 5) is 24.2. The van der Waals surface area contributed by atoms with Gasteiger partial charge in [-0.05, 0) is 19.9 Å². The van der Waals surface area contributed by atoms with E-state index in [1.165, 1.54) is 19.2 Å². The van der Waals surface area contributed by atoms with Crippen molar-refractivity contribution < 1.29 is 19.2 Å². The fraction of sp³-hybridized carbons (Fsp3) is 0.500. The molecule has 21 heavy (non-hydrogen) atoms. The first kappa shape index (κ1) is 15.2. The van der Waals surface area contributed by atoms with Crippen LogP contribution in [0.3, 0.4) is 0 Å². The molecule has 1 aromatic carbocycles. The molecule has 1 fully saturated rings. The molecular formula is C14H18N2O5. The van der Waals surface area contributed by atoms with Crippen molar-refractivity contribution in [2.24, 2.45) is 0 Å². The number of rotatable bonds is 3. The third-order valence-corrected chi connectivity index (χ3v) is 3.32. The van der Waals surface area contributed by atoms with Crippen LogP contribution < -0.4 is 4.90 Å². The van der Waals surface area contributed by atoms with Crippen molar-refractivity contribution in [3.63, 3.8) is 0 Å². The van der Waals surface area contributed by atoms with Gasteiger partial charge in [-0.3, -0.25) is 10.1 Å². The zero-order valence-electron chi connectivity index (χ0n) is 12.2. The van der Waals surface area contributed by atoms with E-state index in [9.17, 15) is 14.9 Å². The fourth-order valence-electron chi connectivity index (χ4n) is 2.51. The van der Waals surface area contributed by atoms with Gasteiger partial charge in [-0.2, -0.15) is 0 Å². The van der Waals surface area contributed by atoms with Gasteiger partial charge in [0.25, 0.3) is 5.69 Å². The lowest BCUT2D eigenvalue weighted by Crippen LogP contribution is -2.45. The average molecular weight is 294 g/mol. The number of hydrogen-bond acceptors (Lipinski definition) is 6. The molecular weight excluding hydrogens is 276 g/mol. The Morgan fingerprint density at radius 3 is 2.48 bits per heavy atom. The van der Waals surface area contributed by atoms with E-state index in [4.69, 9.17) is 4.74 Å². The van der Waals surface area contributed by atoms with E-state index < -0.39 is 10.9 Å². The molecule has 0 unspecified atom stereocenters. The van der Waals surface area contributed by atoms with Crippen LogP contribution in [-0.2, 0) is 9.47 Å². The van der Waals surface area contributed by atoms with Gasteiger partial charge in [-0.15, -0.1) is 0 Å². The molecule has 2 atom stereocenters. The number of morpholine rings is 1. The maximum atomic E-state index is 11.7. The summed E-state index contributed by atoms with van der Waals surface area (Å²) in [5, 5.41) is 11.0. The molecule has 1 aromatic rings. The maximum Gasteiger partial charge on any atom is 0.338 e. The summed E-state index contributed by atoms with van der Waals surface area (Å²) in [6.45, 7) is 5.13. The molecule has 0 N–H and O–H groups in total. The first-order chi connectivity index (χ1) is 9.90. The number of carbonyl (C=O) groups is 1. The number of carbonyl (C=O) groups excluding carboxylic acids is 1. The van der Waals surface area contributed by atoms with Crippen molar-refractivity contribution in [1.29, 1.82) is 0 Å². The molecule has 1 saturated heterocycles. The molecule has 2 rings (SSSR count). The minimum Gasteiger partial charge on any atom is -0.465 e. The highest BCUT2D eigenvalue weighted by atomic mass is 16.6. The Labute approximate surface area is 122 Å². The Morgan fingerprint density at radius 2 is 1.95 bits per heavy atom. The standard InChI is InChI=1S/C14H18N2O5/c1-9-7-15(8-10(2)21-9)12-4-11(14(17)20-3)5-13(6-12)16(18)19/h4-6,9-10H,7-8H2,1-3H3/t9-,10+. The molecule has 0 aliphatic carbocycles. The van der Waals surface area contributed by atoms with Crippen LogP contribution in [0.2, 0.25) is 0 Å². The summed E-state index contributed by atoms with van der Waals surface area (Å²) in [7, 11) is 1.25. The average Bonchev–Trinajstić information content (AvgIpc) is 2.44. The summed E-state index contributed by atoms with van der Waals surface area (Å²) < 4.78 is 10.3. The second-order valence-corrected chi connectivity index (χ2v) is 5.15. The number of esters is 1. The molecule has 0 spiro atoms. The molecule has 0 aromatic heterocycles. The molecule has 0 amide bonds. The molecule has 1 aliphatic rings. The summed E-state index contributed by atoms with van der Waals surface area (Å²) >= 11 is 0. The Balaban J connectivity index is 2.39. The van der Waals surface area contributed by atoms with Gasteiger partial charge in [0.15, 0.2) is 0 Å². The molecule has 114 valence electrons. The lowest BCUT2D eigenvalue weighted by Gasteiger charge is -2.36. The number of benzene rings is 1. The molecule has 1 heterocycles. The van der Waals surface area contributed by atoms with Crippen molar-refractivity contribution in [3.05, 3.63) is 33.9 Å². The quantitative estimate of drug-likeness (QED) is 0.482. The Hall–Kier alpha value is -2.15. The largest absolute Gasteiger partial charge is 0.465 e. The predicted molar refractivity (Wildman–Crippen MR) is 76.7 cm³/mol. The van der Waals surface area contributed by atoms with Crippen LogP contribution in [0, 0.1) is 10.1 Å². The van der Waals surface area contributed by atoms with E-state index in [0.717, 1.165) is 0 Å². The third-order valence-electron chi connectivity index (χ3n) is 3.32. The van der Waals surface area contributed by atoms with Crippen molar-refractivity contribution in [3.8, 4) is 0 Å². The van der Waals surface area contributed by atoms with E-state index in [1.54, 1.807) is 6.07 Å². The van der Waals surface area contributed by atoms with Crippen molar-refractivity contribution in [2.75, 3.05) is 25.1 Å². The van der Waals surface area contributed by atoms with E-state index >= 15 is 0 Å². The highest BCUT2D eigenvalue weighted by molar-refractivity contribution is 5.91. The van der Waals surface area contributed by atoms with Gasteiger partial charge in [-0.1, -0.05) is 0 Å². The van der Waals surface area contributed by atoms with Crippen molar-refractivity contribution in [1.82, 2.24) is 0 Å². The van der Waals surface area contributed by atoms with E-state index in [-0.39, 0.29) is 23.5 Å². The van der Waals surface area contributed by atoms with E-state index in [0.29, 0.717) is 18.8 Å². The Morgan fingerprint density at radius 1 is 1.33 bits per heavy atom. The smallest absolute Gasteiger partial charge is 0.338 e. The summed E-state index contributed by atoms with van der Waals surface area (Å²) in [6.07, 6.45) is 0.0455. The number of anilines is 1. The van der Waals surface area contributed by atoms with Gasteiger partial charge < -0.3 is 14.4 Å². The zero-order chi connectivity index (χ0) is 15.6. The maximum absolute atomic E-state index is 11.7. The van der Waals surface area contributed by atoms with Crippen LogP contribution in [0.25, 0.3) is 0 Å². The Kier molecular flexibility index (Phi) is 4.42. The number of methoxy groups -OCH3 is 1. The number of nitro groups is 1. The number of nitro benzene ring substituents is 1. The lowest BCUT2D eigenvalue weighted by atomic mass is 10.1. The highest BCUT2D eigenvalue weighted by Crippen LogP contribution is 2.27. The predicted octanol–water partition coefficient (Wildman–Crippen LogP) is 1.99. The van der Waals surface area contributed by atoms with E-state index in [2.05, 4.69) is 4.74 Å². The van der Waals surface area contributed by atoms with Gasteiger partial charge in [0.05, 0.1) is 29.8 Å². The van der Waals surface area contributed by atoms with Crippen LogP contribution in [0.5, 0.6) is 0 Å². The minimum atomic E-state index is -0.589. The third kappa shape index (κ3) is 3.49. The Bertz CT molecular complexity index is 550. The molecule has 7 heteroatoms. The van der Waals surface area contributed by atoms with Crippen LogP contribution in [0.15, 0.2) is 18.2 Å². The van der Waals surface area contributed by atoms with Crippen LogP contribution >= 0.6 is 0 Å². The number of non-ortho nitro benzene ring substituents is 1. The minimum absolute atomic E-state index is 0.0228. The van der Waals surface area contributed by atoms with Gasteiger partial charge in [0.2, 0.25) is 0 Å². The van der Waals surface area contributed by atoms with Crippen LogP contribution in [0.1, 0.15) is 24.2 Å². The summed E-state index contributed by atoms with van der Waals surface area (Å²) in [6, 6.07) is 4.31. The second kappa shape index (κ2) is 6.09. The SMILES string of the molecule is COC(=O)c1cc(N2C[C@@H](C)O[C@@H](C)C2)cc([N+](=O)[O-])c1. The van der Waals surface area contributed by atoms with E-state index in [1.807, 2.05) is 18.7 Å². The summed E-state index contributed by atoms with van der Waals surface area (Å²) in [5.41, 5.74) is 0.680. The first-order valence-corrected chi connectivity index (χ1v) is 6.69. The fourth-order valence-corrected chi connectivity index (χ4v) is 2.51. The normalized spacial score (nSPS) is 22.0. The van der Waals surface area contributed by atoms with Crippen molar-refractivity contribution in [2.45, 2.75) is 26.1 Å². The monoisotopic (exact) mass is 294 g/mol. The van der Waals surface area contributed by atoms with Crippen LogP contribution in [-0.4, -0.2) is 43.3 Å². The molecule has 0 saturated carbocycles. The highest BCUT2D eigenvalue weighted by Gasteiger charge is 2.25. The molecule has 0 bridgehead atoms. The number of nitrogens with zero attached hydrogens (tertiary/aromatic N) is 2. The number of hydrogen-bond donors (Lipinski definition) is 0. The molecule has 7 nitrogen and oxygen atoms in total. The number of ether oxygens (including phenoxy) is 2. The topological polar surface area (TPSA) is 81.9 Å². The van der Waals surface area contributed by atoms with Crippen molar-refractivity contribution >= 4 is 17.3 Å². The van der Waals surface area contributed by atoms with Gasteiger partial charge in [0.1, 0.15) is 0 Å². The summed E-state index contributed by atoms with van der Waals surface area (Å²) in [5.74, 6) is -0.589. The van der Waals surface area contributed by atoms with Gasteiger partial charge in [-0.25, -0.2) is 4.79 Å².